The van der Waals surface area contributed by atoms with Crippen molar-refractivity contribution >= 4 is 23.4 Å². The van der Waals surface area contributed by atoms with Gasteiger partial charge in [-0.15, -0.1) is 0 Å². The van der Waals surface area contributed by atoms with Gasteiger partial charge in [0.1, 0.15) is 5.82 Å². The molecule has 7 heteroatoms. The lowest BCUT2D eigenvalue weighted by molar-refractivity contribution is 0.181. The van der Waals surface area contributed by atoms with E-state index in [0.717, 1.165) is 54.6 Å². The number of urea groups is 1. The predicted molar refractivity (Wildman–Crippen MR) is 95.7 cm³/mol. The minimum Gasteiger partial charge on any atom is -0.381 e. The Hall–Kier alpha value is -2.05. The predicted octanol–water partition coefficient (Wildman–Crippen LogP) is 3.16. The summed E-state index contributed by atoms with van der Waals surface area (Å²) in [7, 11) is 0. The van der Waals surface area contributed by atoms with E-state index in [1.807, 2.05) is 33.8 Å². The van der Waals surface area contributed by atoms with E-state index in [-0.39, 0.29) is 6.03 Å². The molecule has 0 spiro atoms. The zero-order valence-electron chi connectivity index (χ0n) is 13.9. The molecule has 2 aliphatic rings. The SMILES string of the molecule is O=C(Nc1ccnn1CC1CCOC1)N1CCc2c(Cl)cccc2C1. The Labute approximate surface area is 151 Å². The van der Waals surface area contributed by atoms with Crippen LogP contribution in [0.2, 0.25) is 5.02 Å². The zero-order chi connectivity index (χ0) is 17.2. The number of carbonyl (C=O) groups is 1. The molecule has 6 nitrogen and oxygen atoms in total. The van der Waals surface area contributed by atoms with Crippen LogP contribution >= 0.6 is 11.6 Å². The number of aromatic nitrogens is 2. The summed E-state index contributed by atoms with van der Waals surface area (Å²) in [4.78, 5) is 14.5. The zero-order valence-corrected chi connectivity index (χ0v) is 14.7. The third kappa shape index (κ3) is 3.50. The molecule has 0 bridgehead atoms. The van der Waals surface area contributed by atoms with Crippen molar-refractivity contribution in [2.75, 3.05) is 25.1 Å². The number of amides is 2. The van der Waals surface area contributed by atoms with Gasteiger partial charge in [0.15, 0.2) is 0 Å². The molecular weight excluding hydrogens is 340 g/mol. The fraction of sp³-hybridized carbons (Fsp3) is 0.444. The largest absolute Gasteiger partial charge is 0.381 e. The van der Waals surface area contributed by atoms with E-state index < -0.39 is 0 Å². The van der Waals surface area contributed by atoms with Gasteiger partial charge in [0.25, 0.3) is 0 Å². The number of rotatable bonds is 3. The number of hydrogen-bond donors (Lipinski definition) is 1. The van der Waals surface area contributed by atoms with Gasteiger partial charge in [-0.05, 0) is 30.0 Å². The molecule has 25 heavy (non-hydrogen) atoms. The second kappa shape index (κ2) is 7.06. The quantitative estimate of drug-likeness (QED) is 0.914. The molecule has 2 amide bonds. The van der Waals surface area contributed by atoms with Crippen LogP contribution in [0, 0.1) is 5.92 Å². The monoisotopic (exact) mass is 360 g/mol. The summed E-state index contributed by atoms with van der Waals surface area (Å²) in [6, 6.07) is 7.60. The van der Waals surface area contributed by atoms with Crippen molar-refractivity contribution in [2.45, 2.75) is 25.9 Å². The molecule has 0 saturated carbocycles. The molecule has 1 atom stereocenters. The maximum absolute atomic E-state index is 12.7. The molecule has 1 fully saturated rings. The van der Waals surface area contributed by atoms with Gasteiger partial charge < -0.3 is 9.64 Å². The Balaban J connectivity index is 1.42. The number of fused-ring (bicyclic) bond motifs is 1. The van der Waals surface area contributed by atoms with Crippen LogP contribution in [-0.4, -0.2) is 40.5 Å². The van der Waals surface area contributed by atoms with Gasteiger partial charge in [0, 0.05) is 43.2 Å². The number of carbonyl (C=O) groups excluding carboxylic acids is 1. The number of nitrogens with zero attached hydrogens (tertiary/aromatic N) is 3. The number of halogens is 1. The average molecular weight is 361 g/mol. The fourth-order valence-corrected chi connectivity index (χ4v) is 3.77. The molecule has 1 aromatic heterocycles. The Morgan fingerprint density at radius 3 is 3.16 bits per heavy atom. The molecule has 1 saturated heterocycles. The third-order valence-electron chi connectivity index (χ3n) is 4.90. The summed E-state index contributed by atoms with van der Waals surface area (Å²) in [5.74, 6) is 1.19. The first-order chi connectivity index (χ1) is 12.2. The first kappa shape index (κ1) is 16.4. The third-order valence-corrected chi connectivity index (χ3v) is 5.26. The summed E-state index contributed by atoms with van der Waals surface area (Å²) in [6.07, 6.45) is 3.54. The van der Waals surface area contributed by atoms with Gasteiger partial charge in [0.05, 0.1) is 12.8 Å². The molecule has 3 heterocycles. The maximum Gasteiger partial charge on any atom is 0.323 e. The van der Waals surface area contributed by atoms with Gasteiger partial charge in [-0.3, -0.25) is 5.32 Å². The van der Waals surface area contributed by atoms with E-state index in [2.05, 4.69) is 10.4 Å². The van der Waals surface area contributed by atoms with Gasteiger partial charge in [-0.2, -0.15) is 5.10 Å². The van der Waals surface area contributed by atoms with Crippen molar-refractivity contribution in [1.82, 2.24) is 14.7 Å². The Kier molecular flexibility index (Phi) is 4.63. The number of hydrogen-bond acceptors (Lipinski definition) is 3. The second-order valence-corrected chi connectivity index (χ2v) is 7.01. The Bertz CT molecular complexity index is 770. The standard InChI is InChI=1S/C18H21ClN4O2/c19-16-3-1-2-14-11-22(8-5-15(14)16)18(24)21-17-4-7-20-23(17)10-13-6-9-25-12-13/h1-4,7,13H,5-6,8-12H2,(H,21,24). The topological polar surface area (TPSA) is 59.4 Å². The molecule has 1 aromatic carbocycles. The summed E-state index contributed by atoms with van der Waals surface area (Å²) in [5, 5.41) is 8.12. The van der Waals surface area contributed by atoms with Crippen molar-refractivity contribution in [2.24, 2.45) is 5.92 Å². The average Bonchev–Trinajstić information content (AvgIpc) is 3.28. The van der Waals surface area contributed by atoms with E-state index in [1.54, 1.807) is 6.20 Å². The minimum atomic E-state index is -0.102. The van der Waals surface area contributed by atoms with Gasteiger partial charge >= 0.3 is 6.03 Å². The molecule has 0 aliphatic carbocycles. The fourth-order valence-electron chi connectivity index (χ4n) is 3.48. The Morgan fingerprint density at radius 1 is 1.40 bits per heavy atom. The van der Waals surface area contributed by atoms with E-state index in [1.165, 1.54) is 0 Å². The Morgan fingerprint density at radius 2 is 2.32 bits per heavy atom. The van der Waals surface area contributed by atoms with Crippen molar-refractivity contribution in [3.8, 4) is 0 Å². The molecule has 132 valence electrons. The van der Waals surface area contributed by atoms with Crippen LogP contribution in [0.1, 0.15) is 17.5 Å². The lowest BCUT2D eigenvalue weighted by Gasteiger charge is -2.29. The van der Waals surface area contributed by atoms with Crippen LogP contribution in [-0.2, 0) is 24.2 Å². The highest BCUT2D eigenvalue weighted by Gasteiger charge is 2.23. The number of benzene rings is 1. The van der Waals surface area contributed by atoms with E-state index in [0.29, 0.717) is 19.0 Å². The van der Waals surface area contributed by atoms with Gasteiger partial charge in [0.2, 0.25) is 0 Å². The van der Waals surface area contributed by atoms with Crippen molar-refractivity contribution in [3.63, 3.8) is 0 Å². The second-order valence-electron chi connectivity index (χ2n) is 6.61. The van der Waals surface area contributed by atoms with Crippen LogP contribution in [0.25, 0.3) is 0 Å². The summed E-state index contributed by atoms with van der Waals surface area (Å²) >= 11 is 6.25. The van der Waals surface area contributed by atoms with Crippen molar-refractivity contribution in [3.05, 3.63) is 46.6 Å². The molecule has 2 aliphatic heterocycles. The molecule has 2 aromatic rings. The smallest absolute Gasteiger partial charge is 0.323 e. The first-order valence-electron chi connectivity index (χ1n) is 8.62. The summed E-state index contributed by atoms with van der Waals surface area (Å²) in [5.41, 5.74) is 2.27. The van der Waals surface area contributed by atoms with Crippen molar-refractivity contribution < 1.29 is 9.53 Å². The van der Waals surface area contributed by atoms with E-state index in [9.17, 15) is 4.79 Å². The van der Waals surface area contributed by atoms with Crippen LogP contribution in [0.5, 0.6) is 0 Å². The van der Waals surface area contributed by atoms with Crippen LogP contribution in [0.15, 0.2) is 30.5 Å². The number of anilines is 1. The molecule has 4 rings (SSSR count). The van der Waals surface area contributed by atoms with Crippen LogP contribution < -0.4 is 5.32 Å². The first-order valence-corrected chi connectivity index (χ1v) is 9.00. The van der Waals surface area contributed by atoms with Gasteiger partial charge in [-0.1, -0.05) is 23.7 Å². The summed E-state index contributed by atoms with van der Waals surface area (Å²) in [6.45, 7) is 3.57. The van der Waals surface area contributed by atoms with Crippen LogP contribution in [0.4, 0.5) is 10.6 Å². The van der Waals surface area contributed by atoms with Crippen LogP contribution in [0.3, 0.4) is 0 Å². The number of ether oxygens (including phenoxy) is 1. The van der Waals surface area contributed by atoms with E-state index >= 15 is 0 Å². The lowest BCUT2D eigenvalue weighted by Crippen LogP contribution is -2.39. The highest BCUT2D eigenvalue weighted by molar-refractivity contribution is 6.31. The number of nitrogens with one attached hydrogen (secondary N) is 1. The molecular formula is C18H21ClN4O2. The minimum absolute atomic E-state index is 0.102. The molecule has 0 radical (unpaired) electrons. The maximum atomic E-state index is 12.7. The highest BCUT2D eigenvalue weighted by atomic mass is 35.5. The molecule has 1 unspecified atom stereocenters. The normalized spacial score (nSPS) is 19.7. The van der Waals surface area contributed by atoms with Gasteiger partial charge in [-0.25, -0.2) is 9.48 Å². The summed E-state index contributed by atoms with van der Waals surface area (Å²) < 4.78 is 7.27. The highest BCUT2D eigenvalue weighted by Crippen LogP contribution is 2.26. The van der Waals surface area contributed by atoms with Crippen molar-refractivity contribution in [1.29, 1.82) is 0 Å². The van der Waals surface area contributed by atoms with E-state index in [4.69, 9.17) is 16.3 Å². The lowest BCUT2D eigenvalue weighted by atomic mass is 10.00. The molecule has 1 N–H and O–H groups in total.